The summed E-state index contributed by atoms with van der Waals surface area (Å²) in [5.74, 6) is 0.535. The molecule has 1 saturated heterocycles. The van der Waals surface area contributed by atoms with Crippen molar-refractivity contribution in [1.29, 1.82) is 0 Å². The number of β-amino-alcohol motifs (C(OH)–C–C–N with tert-alkyl or cyclic N) is 1. The Hall–Kier alpha value is -2.73. The van der Waals surface area contributed by atoms with Gasteiger partial charge in [0.25, 0.3) is 5.91 Å². The number of para-hydroxylation sites is 1. The molecule has 27 heavy (non-hydrogen) atoms. The highest BCUT2D eigenvalue weighted by Crippen LogP contribution is 2.39. The summed E-state index contributed by atoms with van der Waals surface area (Å²) in [6, 6.07) is 11.8. The average Bonchev–Trinajstić information content (AvgIpc) is 3.31. The maximum Gasteiger partial charge on any atom is 0.292 e. The van der Waals surface area contributed by atoms with E-state index in [2.05, 4.69) is 16.2 Å². The van der Waals surface area contributed by atoms with E-state index in [1.165, 1.54) is 0 Å². The number of hydrogen-bond acceptors (Lipinski definition) is 5. The molecule has 1 aliphatic heterocycles. The molecule has 1 saturated carbocycles. The van der Waals surface area contributed by atoms with Gasteiger partial charge < -0.3 is 14.5 Å². The van der Waals surface area contributed by atoms with Crippen LogP contribution in [0.4, 0.5) is 0 Å². The van der Waals surface area contributed by atoms with Gasteiger partial charge in [0.2, 0.25) is 5.76 Å². The summed E-state index contributed by atoms with van der Waals surface area (Å²) in [5.41, 5.74) is 2.97. The normalized spacial score (nSPS) is 22.5. The van der Waals surface area contributed by atoms with E-state index in [9.17, 15) is 9.90 Å². The molecule has 0 unspecified atom stereocenters. The molecule has 0 radical (unpaired) electrons. The van der Waals surface area contributed by atoms with Crippen LogP contribution in [-0.2, 0) is 6.42 Å². The second kappa shape index (κ2) is 6.46. The summed E-state index contributed by atoms with van der Waals surface area (Å²) in [6.45, 7) is 0.835. The third-order valence-corrected chi connectivity index (χ3v) is 5.65. The summed E-state index contributed by atoms with van der Waals surface area (Å²) >= 11 is 0. The monoisotopic (exact) mass is 363 g/mol. The van der Waals surface area contributed by atoms with Crippen LogP contribution in [-0.4, -0.2) is 45.2 Å². The SMILES string of the molecule is O=C(c1cc(C2CC2)no1)N1C[C@@H](Cc2ccnc3ccccc23)[C@@H](O)C1. The number of aliphatic hydroxyl groups is 1. The number of likely N-dealkylation sites (tertiary alicyclic amines) is 1. The maximum atomic E-state index is 12.7. The van der Waals surface area contributed by atoms with Crippen LogP contribution in [0.25, 0.3) is 10.9 Å². The van der Waals surface area contributed by atoms with Gasteiger partial charge in [0.1, 0.15) is 0 Å². The fourth-order valence-electron chi connectivity index (χ4n) is 3.95. The minimum absolute atomic E-state index is 0.00872. The van der Waals surface area contributed by atoms with Crippen molar-refractivity contribution in [3.05, 3.63) is 59.6 Å². The second-order valence-corrected chi connectivity index (χ2v) is 7.62. The van der Waals surface area contributed by atoms with E-state index in [0.29, 0.717) is 25.4 Å². The highest BCUT2D eigenvalue weighted by atomic mass is 16.5. The second-order valence-electron chi connectivity index (χ2n) is 7.62. The zero-order valence-corrected chi connectivity index (χ0v) is 14.9. The molecule has 5 rings (SSSR count). The summed E-state index contributed by atoms with van der Waals surface area (Å²) in [6.07, 6.45) is 4.19. The van der Waals surface area contributed by atoms with E-state index in [1.54, 1.807) is 17.2 Å². The van der Waals surface area contributed by atoms with Gasteiger partial charge in [0.05, 0.1) is 17.3 Å². The average molecular weight is 363 g/mol. The Labute approximate surface area is 156 Å². The number of benzene rings is 1. The van der Waals surface area contributed by atoms with Crippen molar-refractivity contribution in [1.82, 2.24) is 15.0 Å². The zero-order valence-electron chi connectivity index (χ0n) is 14.9. The van der Waals surface area contributed by atoms with Crippen LogP contribution in [0.1, 0.15) is 40.6 Å². The first-order valence-electron chi connectivity index (χ1n) is 9.45. The van der Waals surface area contributed by atoms with Crippen molar-refractivity contribution in [2.45, 2.75) is 31.3 Å². The van der Waals surface area contributed by atoms with Crippen LogP contribution in [0.2, 0.25) is 0 Å². The van der Waals surface area contributed by atoms with Crippen molar-refractivity contribution in [2.75, 3.05) is 13.1 Å². The standard InChI is InChI=1S/C21H21N3O3/c25-19-12-24(21(26)20-10-18(23-27-20)13-5-6-13)11-15(19)9-14-7-8-22-17-4-2-1-3-16(14)17/h1-4,7-8,10,13,15,19,25H,5-6,9,11-12H2/t15-,19+/m1/s1. The number of carbonyl (C=O) groups excluding carboxylic acids is 1. The largest absolute Gasteiger partial charge is 0.391 e. The van der Waals surface area contributed by atoms with Gasteiger partial charge in [-0.25, -0.2) is 0 Å². The van der Waals surface area contributed by atoms with Crippen molar-refractivity contribution in [3.8, 4) is 0 Å². The molecule has 2 aliphatic rings. The predicted octanol–water partition coefficient (Wildman–Crippen LogP) is 2.78. The lowest BCUT2D eigenvalue weighted by atomic mass is 9.94. The predicted molar refractivity (Wildman–Crippen MR) is 99.3 cm³/mol. The first-order chi connectivity index (χ1) is 13.2. The van der Waals surface area contributed by atoms with E-state index >= 15 is 0 Å². The van der Waals surface area contributed by atoms with Crippen LogP contribution in [0, 0.1) is 5.92 Å². The number of aliphatic hydroxyl groups excluding tert-OH is 1. The van der Waals surface area contributed by atoms with Crippen LogP contribution in [0.3, 0.4) is 0 Å². The molecule has 3 aromatic rings. The molecule has 0 spiro atoms. The van der Waals surface area contributed by atoms with E-state index < -0.39 is 6.10 Å². The first kappa shape index (κ1) is 16.4. The Morgan fingerprint density at radius 1 is 1.22 bits per heavy atom. The maximum absolute atomic E-state index is 12.7. The molecule has 138 valence electrons. The molecular weight excluding hydrogens is 342 g/mol. The van der Waals surface area contributed by atoms with E-state index in [0.717, 1.165) is 35.0 Å². The third kappa shape index (κ3) is 3.10. The van der Waals surface area contributed by atoms with E-state index in [4.69, 9.17) is 4.52 Å². The van der Waals surface area contributed by atoms with Gasteiger partial charge >= 0.3 is 0 Å². The fraction of sp³-hybridized carbons (Fsp3) is 0.381. The molecule has 1 aliphatic carbocycles. The molecule has 2 atom stereocenters. The van der Waals surface area contributed by atoms with Crippen molar-refractivity contribution in [3.63, 3.8) is 0 Å². The molecule has 2 fully saturated rings. The van der Waals surface area contributed by atoms with Gasteiger partial charge in [-0.2, -0.15) is 0 Å². The Morgan fingerprint density at radius 2 is 2.07 bits per heavy atom. The number of fused-ring (bicyclic) bond motifs is 1. The highest BCUT2D eigenvalue weighted by molar-refractivity contribution is 5.91. The summed E-state index contributed by atoms with van der Waals surface area (Å²) in [7, 11) is 0. The summed E-state index contributed by atoms with van der Waals surface area (Å²) < 4.78 is 5.26. The van der Waals surface area contributed by atoms with Crippen molar-refractivity contribution in [2.24, 2.45) is 5.92 Å². The Kier molecular flexibility index (Phi) is 3.93. The molecule has 1 amide bonds. The van der Waals surface area contributed by atoms with Crippen molar-refractivity contribution >= 4 is 16.8 Å². The van der Waals surface area contributed by atoms with Crippen LogP contribution in [0.15, 0.2) is 47.1 Å². The van der Waals surface area contributed by atoms with Crippen LogP contribution >= 0.6 is 0 Å². The number of pyridine rings is 1. The van der Waals surface area contributed by atoms with E-state index in [1.807, 2.05) is 24.3 Å². The summed E-state index contributed by atoms with van der Waals surface area (Å²) in [4.78, 5) is 18.8. The van der Waals surface area contributed by atoms with Crippen molar-refractivity contribution < 1.29 is 14.4 Å². The van der Waals surface area contributed by atoms with Crippen LogP contribution < -0.4 is 0 Å². The minimum Gasteiger partial charge on any atom is -0.391 e. The molecule has 2 aromatic heterocycles. The van der Waals surface area contributed by atoms with Gasteiger partial charge in [-0.1, -0.05) is 23.4 Å². The third-order valence-electron chi connectivity index (χ3n) is 5.65. The topological polar surface area (TPSA) is 79.5 Å². The smallest absolute Gasteiger partial charge is 0.292 e. The van der Waals surface area contributed by atoms with Gasteiger partial charge in [0.15, 0.2) is 0 Å². The number of rotatable bonds is 4. The van der Waals surface area contributed by atoms with Crippen LogP contribution in [0.5, 0.6) is 0 Å². The fourth-order valence-corrected chi connectivity index (χ4v) is 3.95. The van der Waals surface area contributed by atoms with Gasteiger partial charge in [0, 0.05) is 42.6 Å². The van der Waals surface area contributed by atoms with Gasteiger partial charge in [-0.3, -0.25) is 9.78 Å². The molecular formula is C21H21N3O3. The lowest BCUT2D eigenvalue weighted by Gasteiger charge is -2.15. The molecule has 0 bridgehead atoms. The Morgan fingerprint density at radius 3 is 2.93 bits per heavy atom. The number of amides is 1. The Balaban J connectivity index is 1.32. The quantitative estimate of drug-likeness (QED) is 0.771. The molecule has 1 aromatic carbocycles. The molecule has 6 heteroatoms. The van der Waals surface area contributed by atoms with Gasteiger partial charge in [-0.15, -0.1) is 0 Å². The van der Waals surface area contributed by atoms with E-state index in [-0.39, 0.29) is 17.6 Å². The molecule has 6 nitrogen and oxygen atoms in total. The molecule has 3 heterocycles. The zero-order chi connectivity index (χ0) is 18.4. The highest BCUT2D eigenvalue weighted by Gasteiger charge is 2.36. The van der Waals surface area contributed by atoms with Gasteiger partial charge in [-0.05, 0) is 37.0 Å². The first-order valence-corrected chi connectivity index (χ1v) is 9.45. The number of carbonyl (C=O) groups is 1. The Bertz CT molecular complexity index is 990. The number of hydrogen-bond donors (Lipinski definition) is 1. The lowest BCUT2D eigenvalue weighted by Crippen LogP contribution is -2.29. The molecule has 1 N–H and O–H groups in total. The summed E-state index contributed by atoms with van der Waals surface area (Å²) in [5, 5.41) is 15.7. The number of aromatic nitrogens is 2. The lowest BCUT2D eigenvalue weighted by molar-refractivity contribution is 0.0724. The number of nitrogens with zero attached hydrogens (tertiary/aromatic N) is 3. The minimum atomic E-state index is -0.549.